The molecule has 1 N–H and O–H groups in total. The Bertz CT molecular complexity index is 385. The van der Waals surface area contributed by atoms with Crippen molar-refractivity contribution in [2.75, 3.05) is 19.8 Å². The molecular formula is C15H21F2NO. The number of benzene rings is 1. The highest BCUT2D eigenvalue weighted by Gasteiger charge is 2.29. The third-order valence-electron chi connectivity index (χ3n) is 3.59. The number of hydrogen-bond donors (Lipinski definition) is 1. The van der Waals surface area contributed by atoms with Crippen LogP contribution in [0.15, 0.2) is 18.2 Å². The lowest BCUT2D eigenvalue weighted by atomic mass is 9.88. The Morgan fingerprint density at radius 2 is 2.11 bits per heavy atom. The largest absolute Gasteiger partial charge is 0.381 e. The van der Waals surface area contributed by atoms with Crippen molar-refractivity contribution in [3.05, 3.63) is 35.4 Å². The van der Waals surface area contributed by atoms with Gasteiger partial charge in [-0.25, -0.2) is 8.78 Å². The van der Waals surface area contributed by atoms with Gasteiger partial charge in [-0.3, -0.25) is 0 Å². The number of nitrogens with one attached hydrogen (secondary N) is 1. The topological polar surface area (TPSA) is 21.3 Å². The molecule has 1 fully saturated rings. The summed E-state index contributed by atoms with van der Waals surface area (Å²) in [7, 11) is 0. The lowest BCUT2D eigenvalue weighted by Gasteiger charge is -2.31. The SMILES string of the molecule is CCCNC(c1c(F)cccc1F)C1CCCOC1. The Hall–Kier alpha value is -1.00. The average molecular weight is 269 g/mol. The van der Waals surface area contributed by atoms with Crippen LogP contribution in [0, 0.1) is 17.6 Å². The Labute approximate surface area is 113 Å². The van der Waals surface area contributed by atoms with Gasteiger partial charge in [0.1, 0.15) is 11.6 Å². The molecule has 1 aromatic carbocycles. The molecule has 4 heteroatoms. The van der Waals surface area contributed by atoms with Gasteiger partial charge >= 0.3 is 0 Å². The Morgan fingerprint density at radius 1 is 1.37 bits per heavy atom. The quantitative estimate of drug-likeness (QED) is 0.884. The molecule has 1 aromatic rings. The van der Waals surface area contributed by atoms with Gasteiger partial charge in [-0.15, -0.1) is 0 Å². The van der Waals surface area contributed by atoms with E-state index in [0.29, 0.717) is 6.61 Å². The Morgan fingerprint density at radius 3 is 2.68 bits per heavy atom. The van der Waals surface area contributed by atoms with E-state index in [9.17, 15) is 8.78 Å². The molecule has 0 aromatic heterocycles. The number of rotatable bonds is 5. The molecule has 0 amide bonds. The maximum absolute atomic E-state index is 14.0. The van der Waals surface area contributed by atoms with Gasteiger partial charge in [-0.1, -0.05) is 13.0 Å². The van der Waals surface area contributed by atoms with E-state index >= 15 is 0 Å². The second-order valence-corrected chi connectivity index (χ2v) is 5.04. The molecule has 19 heavy (non-hydrogen) atoms. The molecule has 2 nitrogen and oxygen atoms in total. The lowest BCUT2D eigenvalue weighted by Crippen LogP contribution is -2.35. The van der Waals surface area contributed by atoms with E-state index < -0.39 is 11.6 Å². The van der Waals surface area contributed by atoms with Crippen LogP contribution in [0.1, 0.15) is 37.8 Å². The van der Waals surface area contributed by atoms with Gasteiger partial charge in [0.25, 0.3) is 0 Å². The van der Waals surface area contributed by atoms with E-state index in [1.807, 2.05) is 6.92 Å². The van der Waals surface area contributed by atoms with Crippen LogP contribution in [0.2, 0.25) is 0 Å². The van der Waals surface area contributed by atoms with E-state index in [1.165, 1.54) is 18.2 Å². The summed E-state index contributed by atoms with van der Waals surface area (Å²) in [6, 6.07) is 3.75. The molecule has 1 saturated heterocycles. The molecule has 0 aliphatic carbocycles. The van der Waals surface area contributed by atoms with Crippen molar-refractivity contribution >= 4 is 0 Å². The fourth-order valence-corrected chi connectivity index (χ4v) is 2.64. The first-order valence-electron chi connectivity index (χ1n) is 6.99. The molecule has 1 heterocycles. The van der Waals surface area contributed by atoms with E-state index in [1.54, 1.807) is 0 Å². The molecule has 0 saturated carbocycles. The van der Waals surface area contributed by atoms with Crippen LogP contribution in [-0.4, -0.2) is 19.8 Å². The van der Waals surface area contributed by atoms with Gasteiger partial charge in [0.15, 0.2) is 0 Å². The van der Waals surface area contributed by atoms with Crippen LogP contribution in [0.25, 0.3) is 0 Å². The smallest absolute Gasteiger partial charge is 0.130 e. The van der Waals surface area contributed by atoms with Crippen molar-refractivity contribution in [1.29, 1.82) is 0 Å². The van der Waals surface area contributed by atoms with Gasteiger partial charge < -0.3 is 10.1 Å². The van der Waals surface area contributed by atoms with Crippen molar-refractivity contribution < 1.29 is 13.5 Å². The van der Waals surface area contributed by atoms with Gasteiger partial charge in [-0.2, -0.15) is 0 Å². The zero-order valence-corrected chi connectivity index (χ0v) is 11.3. The van der Waals surface area contributed by atoms with E-state index in [4.69, 9.17) is 4.74 Å². The summed E-state index contributed by atoms with van der Waals surface area (Å²) in [5, 5.41) is 3.28. The van der Waals surface area contributed by atoms with E-state index in [0.717, 1.165) is 32.4 Å². The summed E-state index contributed by atoms with van der Waals surface area (Å²) in [5.74, 6) is -0.815. The van der Waals surface area contributed by atoms with E-state index in [-0.39, 0.29) is 17.5 Å². The molecule has 2 unspecified atom stereocenters. The minimum Gasteiger partial charge on any atom is -0.381 e. The van der Waals surface area contributed by atoms with Crippen LogP contribution < -0.4 is 5.32 Å². The maximum Gasteiger partial charge on any atom is 0.130 e. The molecule has 0 spiro atoms. The van der Waals surface area contributed by atoms with Crippen LogP contribution in [0.5, 0.6) is 0 Å². The predicted molar refractivity (Wildman–Crippen MR) is 70.9 cm³/mol. The van der Waals surface area contributed by atoms with Gasteiger partial charge in [0, 0.05) is 24.1 Å². The van der Waals surface area contributed by atoms with Crippen molar-refractivity contribution in [2.45, 2.75) is 32.2 Å². The summed E-state index contributed by atoms with van der Waals surface area (Å²) in [6.07, 6.45) is 2.82. The lowest BCUT2D eigenvalue weighted by molar-refractivity contribution is 0.0379. The summed E-state index contributed by atoms with van der Waals surface area (Å²) in [4.78, 5) is 0. The third kappa shape index (κ3) is 3.51. The van der Waals surface area contributed by atoms with Crippen LogP contribution >= 0.6 is 0 Å². The number of ether oxygens (including phenoxy) is 1. The summed E-state index contributed by atoms with van der Waals surface area (Å²) in [5.41, 5.74) is 0.159. The second kappa shape index (κ2) is 6.96. The normalized spacial score (nSPS) is 21.3. The first-order chi connectivity index (χ1) is 9.24. The molecule has 0 bridgehead atoms. The zero-order chi connectivity index (χ0) is 13.7. The standard InChI is InChI=1S/C15H21F2NO/c1-2-8-18-15(11-5-4-9-19-10-11)14-12(16)6-3-7-13(14)17/h3,6-7,11,15,18H,2,4-5,8-10H2,1H3. The van der Waals surface area contributed by atoms with Gasteiger partial charge in [0.2, 0.25) is 0 Å². The molecule has 1 aliphatic heterocycles. The summed E-state index contributed by atoms with van der Waals surface area (Å²) < 4.78 is 33.4. The first-order valence-corrected chi connectivity index (χ1v) is 6.99. The average Bonchev–Trinajstić information content (AvgIpc) is 2.43. The van der Waals surface area contributed by atoms with E-state index in [2.05, 4.69) is 5.32 Å². The fraction of sp³-hybridized carbons (Fsp3) is 0.600. The monoisotopic (exact) mass is 269 g/mol. The molecule has 0 radical (unpaired) electrons. The molecular weight excluding hydrogens is 248 g/mol. The number of hydrogen-bond acceptors (Lipinski definition) is 2. The van der Waals surface area contributed by atoms with Crippen molar-refractivity contribution in [3.63, 3.8) is 0 Å². The first kappa shape index (κ1) is 14.4. The number of halogens is 2. The second-order valence-electron chi connectivity index (χ2n) is 5.04. The Kier molecular flexibility index (Phi) is 5.28. The minimum atomic E-state index is -0.473. The highest BCUT2D eigenvalue weighted by molar-refractivity contribution is 5.24. The van der Waals surface area contributed by atoms with Gasteiger partial charge in [0.05, 0.1) is 6.61 Å². The van der Waals surface area contributed by atoms with Crippen molar-refractivity contribution in [1.82, 2.24) is 5.32 Å². The van der Waals surface area contributed by atoms with Crippen molar-refractivity contribution in [2.24, 2.45) is 5.92 Å². The third-order valence-corrected chi connectivity index (χ3v) is 3.59. The van der Waals surface area contributed by atoms with Gasteiger partial charge in [-0.05, 0) is 37.9 Å². The fourth-order valence-electron chi connectivity index (χ4n) is 2.64. The predicted octanol–water partition coefficient (Wildman–Crippen LogP) is 3.43. The highest BCUT2D eigenvalue weighted by atomic mass is 19.1. The zero-order valence-electron chi connectivity index (χ0n) is 11.3. The van der Waals surface area contributed by atoms with Crippen molar-refractivity contribution in [3.8, 4) is 0 Å². The molecule has 106 valence electrons. The van der Waals surface area contributed by atoms with Crippen LogP contribution in [0.3, 0.4) is 0 Å². The summed E-state index contributed by atoms with van der Waals surface area (Å²) in [6.45, 7) is 4.10. The minimum absolute atomic E-state index is 0.131. The maximum atomic E-state index is 14.0. The molecule has 2 rings (SSSR count). The Balaban J connectivity index is 2.25. The van der Waals surface area contributed by atoms with Crippen LogP contribution in [0.4, 0.5) is 8.78 Å². The molecule has 1 aliphatic rings. The summed E-state index contributed by atoms with van der Waals surface area (Å²) >= 11 is 0. The van der Waals surface area contributed by atoms with Crippen LogP contribution in [-0.2, 0) is 4.74 Å². The highest BCUT2D eigenvalue weighted by Crippen LogP contribution is 2.31. The molecule has 2 atom stereocenters.